The summed E-state index contributed by atoms with van der Waals surface area (Å²) in [5.74, 6) is 0.0424. The van der Waals surface area contributed by atoms with E-state index in [1.807, 2.05) is 17.5 Å². The number of phenolic OH excluding ortho intramolecular Hbond substituents is 2. The number of hydrogen-bond donors (Lipinski definition) is 2. The van der Waals surface area contributed by atoms with E-state index >= 15 is 0 Å². The summed E-state index contributed by atoms with van der Waals surface area (Å²) in [4.78, 5) is 8.43. The molecule has 0 radical (unpaired) electrons. The number of fused-ring (bicyclic) bond motifs is 1. The van der Waals surface area contributed by atoms with E-state index in [-0.39, 0.29) is 11.5 Å². The number of benzene rings is 1. The molecule has 0 amide bonds. The van der Waals surface area contributed by atoms with Gasteiger partial charge in [0, 0.05) is 24.0 Å². The molecule has 3 rings (SSSR count). The summed E-state index contributed by atoms with van der Waals surface area (Å²) in [6, 6.07) is 4.50. The van der Waals surface area contributed by atoms with Crippen LogP contribution >= 0.6 is 0 Å². The molecular formula is C13H11N3O2. The molecule has 5 nitrogen and oxygen atoms in total. The van der Waals surface area contributed by atoms with Gasteiger partial charge in [-0.1, -0.05) is 0 Å². The third kappa shape index (κ3) is 1.48. The lowest BCUT2D eigenvalue weighted by molar-refractivity contribution is 0.451. The fraction of sp³-hybridized carbons (Fsp3) is 0.0769. The summed E-state index contributed by atoms with van der Waals surface area (Å²) < 4.78 is 1.86. The van der Waals surface area contributed by atoms with E-state index in [2.05, 4.69) is 9.97 Å². The Bertz CT molecular complexity index is 734. The van der Waals surface area contributed by atoms with E-state index in [4.69, 9.17) is 0 Å². The molecule has 90 valence electrons. The minimum atomic E-state index is 0.0149. The van der Waals surface area contributed by atoms with Crippen molar-refractivity contribution < 1.29 is 10.2 Å². The number of aryl methyl sites for hydroxylation is 1. The van der Waals surface area contributed by atoms with Crippen molar-refractivity contribution in [1.29, 1.82) is 0 Å². The molecule has 0 fully saturated rings. The number of aromatic hydroxyl groups is 2. The molecule has 0 atom stereocenters. The zero-order valence-electron chi connectivity index (χ0n) is 9.70. The molecule has 2 heterocycles. The van der Waals surface area contributed by atoms with Crippen molar-refractivity contribution in [2.45, 2.75) is 6.92 Å². The number of aromatic nitrogens is 3. The van der Waals surface area contributed by atoms with Gasteiger partial charge in [0.25, 0.3) is 0 Å². The Morgan fingerprint density at radius 3 is 2.78 bits per heavy atom. The van der Waals surface area contributed by atoms with Crippen LogP contribution in [0.5, 0.6) is 11.5 Å². The summed E-state index contributed by atoms with van der Waals surface area (Å²) in [5.41, 5.74) is 2.87. The first kappa shape index (κ1) is 10.6. The summed E-state index contributed by atoms with van der Waals surface area (Å²) in [6.45, 7) is 1.86. The molecule has 18 heavy (non-hydrogen) atoms. The zero-order chi connectivity index (χ0) is 12.7. The normalized spacial score (nSPS) is 10.9. The first-order valence-corrected chi connectivity index (χ1v) is 5.48. The Labute approximate surface area is 103 Å². The first-order chi connectivity index (χ1) is 8.66. The quantitative estimate of drug-likeness (QED) is 0.684. The van der Waals surface area contributed by atoms with E-state index in [1.165, 1.54) is 12.1 Å². The van der Waals surface area contributed by atoms with E-state index in [9.17, 15) is 10.2 Å². The van der Waals surface area contributed by atoms with Crippen molar-refractivity contribution in [2.75, 3.05) is 0 Å². The fourth-order valence-electron chi connectivity index (χ4n) is 2.03. The van der Waals surface area contributed by atoms with Crippen molar-refractivity contribution in [3.8, 4) is 22.8 Å². The first-order valence-electron chi connectivity index (χ1n) is 5.48. The maximum atomic E-state index is 9.94. The van der Waals surface area contributed by atoms with Gasteiger partial charge in [0.1, 0.15) is 11.5 Å². The molecule has 0 saturated carbocycles. The second kappa shape index (κ2) is 3.73. The molecule has 0 bridgehead atoms. The largest absolute Gasteiger partial charge is 0.508 e. The minimum Gasteiger partial charge on any atom is -0.508 e. The smallest absolute Gasteiger partial charge is 0.155 e. The van der Waals surface area contributed by atoms with Crippen LogP contribution in [0.1, 0.15) is 5.69 Å². The van der Waals surface area contributed by atoms with Gasteiger partial charge in [0.15, 0.2) is 5.65 Å². The van der Waals surface area contributed by atoms with Crippen LogP contribution in [0.3, 0.4) is 0 Å². The minimum absolute atomic E-state index is 0.0149. The van der Waals surface area contributed by atoms with Gasteiger partial charge in [-0.05, 0) is 19.1 Å². The van der Waals surface area contributed by atoms with Gasteiger partial charge in [-0.3, -0.25) is 9.38 Å². The molecule has 0 aliphatic heterocycles. The van der Waals surface area contributed by atoms with Gasteiger partial charge in [-0.25, -0.2) is 4.98 Å². The summed E-state index contributed by atoms with van der Waals surface area (Å²) in [7, 11) is 0. The Morgan fingerprint density at radius 2 is 2.00 bits per heavy atom. The monoisotopic (exact) mass is 241 g/mol. The maximum absolute atomic E-state index is 9.94. The standard InChI is InChI=1S/C13H11N3O2/c1-8-13(10-3-2-9(17)6-11(10)18)16-5-4-14-12(16)7-15-8/h2-7,17-18H,1H3. The van der Waals surface area contributed by atoms with Crippen molar-refractivity contribution in [1.82, 2.24) is 14.4 Å². The highest BCUT2D eigenvalue weighted by Crippen LogP contribution is 2.33. The summed E-state index contributed by atoms with van der Waals surface area (Å²) in [5, 5.41) is 19.3. The molecule has 0 saturated heterocycles. The van der Waals surface area contributed by atoms with Gasteiger partial charge in [-0.2, -0.15) is 0 Å². The maximum Gasteiger partial charge on any atom is 0.155 e. The molecule has 2 aromatic heterocycles. The predicted octanol–water partition coefficient (Wildman–Crippen LogP) is 2.12. The summed E-state index contributed by atoms with van der Waals surface area (Å²) in [6.07, 6.45) is 5.17. The predicted molar refractivity (Wildman–Crippen MR) is 66.5 cm³/mol. The van der Waals surface area contributed by atoms with Crippen LogP contribution in [0.15, 0.2) is 36.8 Å². The summed E-state index contributed by atoms with van der Waals surface area (Å²) >= 11 is 0. The molecular weight excluding hydrogens is 230 g/mol. The van der Waals surface area contributed by atoms with Crippen LogP contribution in [0.25, 0.3) is 16.9 Å². The number of phenols is 2. The Morgan fingerprint density at radius 1 is 1.17 bits per heavy atom. The van der Waals surface area contributed by atoms with Gasteiger partial charge >= 0.3 is 0 Å². The highest BCUT2D eigenvalue weighted by molar-refractivity contribution is 5.71. The molecule has 2 N–H and O–H groups in total. The van der Waals surface area contributed by atoms with Gasteiger partial charge in [0.05, 0.1) is 17.6 Å². The van der Waals surface area contributed by atoms with Gasteiger partial charge in [0.2, 0.25) is 0 Å². The fourth-order valence-corrected chi connectivity index (χ4v) is 2.03. The van der Waals surface area contributed by atoms with Crippen LogP contribution < -0.4 is 0 Å². The SMILES string of the molecule is Cc1ncc2nccn2c1-c1ccc(O)cc1O. The van der Waals surface area contributed by atoms with Crippen LogP contribution in [-0.2, 0) is 0 Å². The van der Waals surface area contributed by atoms with Crippen LogP contribution in [-0.4, -0.2) is 24.6 Å². The Kier molecular flexibility index (Phi) is 2.19. The molecule has 5 heteroatoms. The molecule has 0 aliphatic rings. The van der Waals surface area contributed by atoms with E-state index < -0.39 is 0 Å². The number of hydrogen-bond acceptors (Lipinski definition) is 4. The lowest BCUT2D eigenvalue weighted by Crippen LogP contribution is -1.97. The van der Waals surface area contributed by atoms with Gasteiger partial charge in [-0.15, -0.1) is 0 Å². The third-order valence-corrected chi connectivity index (χ3v) is 2.86. The van der Waals surface area contributed by atoms with Crippen molar-refractivity contribution >= 4 is 5.65 Å². The van der Waals surface area contributed by atoms with E-state index in [0.717, 1.165) is 11.4 Å². The average Bonchev–Trinajstić information content (AvgIpc) is 2.79. The highest BCUT2D eigenvalue weighted by atomic mass is 16.3. The molecule has 0 spiro atoms. The van der Waals surface area contributed by atoms with Crippen molar-refractivity contribution in [3.05, 3.63) is 42.5 Å². The zero-order valence-corrected chi connectivity index (χ0v) is 9.70. The van der Waals surface area contributed by atoms with E-state index in [1.54, 1.807) is 18.5 Å². The second-order valence-electron chi connectivity index (χ2n) is 4.05. The lowest BCUT2D eigenvalue weighted by atomic mass is 10.1. The Hall–Kier alpha value is -2.56. The van der Waals surface area contributed by atoms with Crippen molar-refractivity contribution in [2.24, 2.45) is 0 Å². The molecule has 0 unspecified atom stereocenters. The molecule has 3 aromatic rings. The third-order valence-electron chi connectivity index (χ3n) is 2.86. The topological polar surface area (TPSA) is 70.7 Å². The number of nitrogens with zero attached hydrogens (tertiary/aromatic N) is 3. The second-order valence-corrected chi connectivity index (χ2v) is 4.05. The number of rotatable bonds is 1. The molecule has 0 aliphatic carbocycles. The average molecular weight is 241 g/mol. The highest BCUT2D eigenvalue weighted by Gasteiger charge is 2.13. The van der Waals surface area contributed by atoms with Crippen LogP contribution in [0.4, 0.5) is 0 Å². The van der Waals surface area contributed by atoms with Crippen LogP contribution in [0.2, 0.25) is 0 Å². The van der Waals surface area contributed by atoms with Gasteiger partial charge < -0.3 is 10.2 Å². The Balaban J connectivity index is 2.36. The van der Waals surface area contributed by atoms with Crippen molar-refractivity contribution in [3.63, 3.8) is 0 Å². The number of imidazole rings is 1. The van der Waals surface area contributed by atoms with E-state index in [0.29, 0.717) is 11.2 Å². The van der Waals surface area contributed by atoms with Crippen LogP contribution in [0, 0.1) is 6.92 Å². The lowest BCUT2D eigenvalue weighted by Gasteiger charge is -2.10. The molecule has 1 aromatic carbocycles.